The summed E-state index contributed by atoms with van der Waals surface area (Å²) in [6, 6.07) is 6.33. The summed E-state index contributed by atoms with van der Waals surface area (Å²) in [5.41, 5.74) is 7.70. The standard InChI is InChI=1S/C15H23F2N3OSi.ClH/c1-22(2,3)7-6-21-10-20-13-8-11(9-18)4-5-12(13)19-15(20)14(16)17;/h4-5,8,14H,6-7,9-10,18H2,1-3H3;1H. The van der Waals surface area contributed by atoms with Crippen molar-refractivity contribution in [3.05, 3.63) is 29.6 Å². The lowest BCUT2D eigenvalue weighted by Gasteiger charge is -2.16. The van der Waals surface area contributed by atoms with Crippen LogP contribution in [0.2, 0.25) is 25.7 Å². The number of benzene rings is 1. The van der Waals surface area contributed by atoms with Gasteiger partial charge in [-0.3, -0.25) is 4.57 Å². The second-order valence-corrected chi connectivity index (χ2v) is 12.2. The zero-order valence-electron chi connectivity index (χ0n) is 13.7. The van der Waals surface area contributed by atoms with Crippen molar-refractivity contribution in [2.75, 3.05) is 6.61 Å². The highest BCUT2D eigenvalue weighted by atomic mass is 35.5. The van der Waals surface area contributed by atoms with E-state index in [2.05, 4.69) is 24.6 Å². The quantitative estimate of drug-likeness (QED) is 0.593. The van der Waals surface area contributed by atoms with Crippen LogP contribution in [0.1, 0.15) is 17.8 Å². The van der Waals surface area contributed by atoms with Gasteiger partial charge in [-0.05, 0) is 23.7 Å². The Bertz CT molecular complexity index is 643. The first-order chi connectivity index (χ1) is 10.3. The Balaban J connectivity index is 0.00000264. The zero-order chi connectivity index (χ0) is 16.3. The van der Waals surface area contributed by atoms with Gasteiger partial charge in [0.1, 0.15) is 6.73 Å². The van der Waals surface area contributed by atoms with E-state index in [1.165, 1.54) is 4.57 Å². The maximum Gasteiger partial charge on any atom is 0.295 e. The van der Waals surface area contributed by atoms with Crippen LogP contribution in [0, 0.1) is 0 Å². The highest BCUT2D eigenvalue weighted by Gasteiger charge is 2.19. The lowest BCUT2D eigenvalue weighted by molar-refractivity contribution is 0.0718. The van der Waals surface area contributed by atoms with Crippen LogP contribution < -0.4 is 5.73 Å². The molecule has 1 heterocycles. The topological polar surface area (TPSA) is 53.1 Å². The maximum atomic E-state index is 13.2. The predicted octanol–water partition coefficient (Wildman–Crippen LogP) is 4.17. The van der Waals surface area contributed by atoms with Crippen LogP contribution in [0.25, 0.3) is 11.0 Å². The fourth-order valence-electron chi connectivity index (χ4n) is 2.15. The number of rotatable bonds is 7. The van der Waals surface area contributed by atoms with E-state index in [0.717, 1.165) is 11.6 Å². The van der Waals surface area contributed by atoms with Gasteiger partial charge in [0.2, 0.25) is 0 Å². The lowest BCUT2D eigenvalue weighted by atomic mass is 10.2. The van der Waals surface area contributed by atoms with Gasteiger partial charge >= 0.3 is 0 Å². The first-order valence-electron chi connectivity index (χ1n) is 7.37. The van der Waals surface area contributed by atoms with Gasteiger partial charge in [0.25, 0.3) is 6.43 Å². The Morgan fingerprint density at radius 2 is 2.00 bits per heavy atom. The van der Waals surface area contributed by atoms with Gasteiger partial charge in [0.05, 0.1) is 11.0 Å². The Kier molecular flexibility index (Phi) is 7.13. The molecule has 0 spiro atoms. The third-order valence-electron chi connectivity index (χ3n) is 3.49. The third kappa shape index (κ3) is 5.24. The molecule has 0 fully saturated rings. The molecule has 23 heavy (non-hydrogen) atoms. The summed E-state index contributed by atoms with van der Waals surface area (Å²) in [5, 5.41) is 0. The molecule has 0 radical (unpaired) electrons. The fraction of sp³-hybridized carbons (Fsp3) is 0.533. The summed E-state index contributed by atoms with van der Waals surface area (Å²) < 4.78 is 33.4. The maximum absolute atomic E-state index is 13.2. The van der Waals surface area contributed by atoms with E-state index in [4.69, 9.17) is 10.5 Å². The number of nitrogens with zero attached hydrogens (tertiary/aromatic N) is 2. The van der Waals surface area contributed by atoms with Gasteiger partial charge in [0.15, 0.2) is 5.82 Å². The number of imidazole rings is 1. The van der Waals surface area contributed by atoms with E-state index in [0.29, 0.717) is 24.2 Å². The number of hydrogen-bond acceptors (Lipinski definition) is 3. The molecule has 0 saturated carbocycles. The Hall–Kier alpha value is -1.02. The van der Waals surface area contributed by atoms with Crippen molar-refractivity contribution < 1.29 is 13.5 Å². The zero-order valence-corrected chi connectivity index (χ0v) is 15.5. The van der Waals surface area contributed by atoms with Crippen molar-refractivity contribution in [1.29, 1.82) is 0 Å². The Labute approximate surface area is 142 Å². The summed E-state index contributed by atoms with van der Waals surface area (Å²) in [5.74, 6) is -0.253. The number of fused-ring (bicyclic) bond motifs is 1. The molecule has 0 amide bonds. The van der Waals surface area contributed by atoms with Crippen LogP contribution in [-0.2, 0) is 18.0 Å². The van der Waals surface area contributed by atoms with E-state index in [1.807, 2.05) is 0 Å². The Morgan fingerprint density at radius 1 is 1.30 bits per heavy atom. The lowest BCUT2D eigenvalue weighted by Crippen LogP contribution is -2.22. The van der Waals surface area contributed by atoms with E-state index in [1.54, 1.807) is 18.2 Å². The molecular formula is C15H24ClF2N3OSi. The number of aromatic nitrogens is 2. The number of ether oxygens (including phenoxy) is 1. The molecule has 0 aliphatic carbocycles. The number of alkyl halides is 2. The van der Waals surface area contributed by atoms with Crippen molar-refractivity contribution in [2.45, 2.75) is 45.4 Å². The van der Waals surface area contributed by atoms with Gasteiger partial charge in [-0.2, -0.15) is 0 Å². The minimum Gasteiger partial charge on any atom is -0.361 e. The molecule has 1 aromatic heterocycles. The molecule has 8 heteroatoms. The molecule has 2 rings (SSSR count). The molecular weight excluding hydrogens is 340 g/mol. The molecule has 0 saturated heterocycles. The summed E-state index contributed by atoms with van der Waals surface area (Å²) in [7, 11) is -1.20. The van der Waals surface area contributed by atoms with Gasteiger partial charge in [-0.25, -0.2) is 13.8 Å². The van der Waals surface area contributed by atoms with Crippen LogP contribution in [0.3, 0.4) is 0 Å². The number of hydrogen-bond donors (Lipinski definition) is 1. The van der Waals surface area contributed by atoms with Crippen molar-refractivity contribution in [3.8, 4) is 0 Å². The second kappa shape index (κ2) is 8.19. The summed E-state index contributed by atoms with van der Waals surface area (Å²) in [6.45, 7) is 7.79. The van der Waals surface area contributed by atoms with Crippen molar-refractivity contribution in [3.63, 3.8) is 0 Å². The van der Waals surface area contributed by atoms with E-state index in [9.17, 15) is 8.78 Å². The molecule has 2 N–H and O–H groups in total. The number of halogens is 3. The van der Waals surface area contributed by atoms with E-state index in [-0.39, 0.29) is 25.0 Å². The highest BCUT2D eigenvalue weighted by molar-refractivity contribution is 6.76. The predicted molar refractivity (Wildman–Crippen MR) is 93.9 cm³/mol. The van der Waals surface area contributed by atoms with E-state index >= 15 is 0 Å². The van der Waals surface area contributed by atoms with Crippen LogP contribution in [0.5, 0.6) is 0 Å². The molecule has 4 nitrogen and oxygen atoms in total. The summed E-state index contributed by atoms with van der Waals surface area (Å²) in [4.78, 5) is 4.02. The molecule has 0 atom stereocenters. The number of nitrogens with two attached hydrogens (primary N) is 1. The van der Waals surface area contributed by atoms with Gasteiger partial charge in [-0.1, -0.05) is 25.7 Å². The summed E-state index contributed by atoms with van der Waals surface area (Å²) >= 11 is 0. The van der Waals surface area contributed by atoms with E-state index < -0.39 is 14.5 Å². The first-order valence-corrected chi connectivity index (χ1v) is 11.1. The average Bonchev–Trinajstić information content (AvgIpc) is 2.80. The minimum absolute atomic E-state index is 0. The molecule has 0 aliphatic heterocycles. The van der Waals surface area contributed by atoms with Gasteiger partial charge in [0, 0.05) is 21.2 Å². The first kappa shape index (κ1) is 20.0. The van der Waals surface area contributed by atoms with Gasteiger partial charge in [-0.15, -0.1) is 12.4 Å². The van der Waals surface area contributed by atoms with Crippen LogP contribution in [0.15, 0.2) is 18.2 Å². The summed E-state index contributed by atoms with van der Waals surface area (Å²) in [6.07, 6.45) is -2.63. The van der Waals surface area contributed by atoms with Crippen LogP contribution in [-0.4, -0.2) is 24.2 Å². The molecule has 0 unspecified atom stereocenters. The molecule has 1 aromatic carbocycles. The van der Waals surface area contributed by atoms with Crippen LogP contribution in [0.4, 0.5) is 8.78 Å². The van der Waals surface area contributed by atoms with Gasteiger partial charge < -0.3 is 10.5 Å². The third-order valence-corrected chi connectivity index (χ3v) is 5.19. The second-order valence-electron chi connectivity index (χ2n) is 6.57. The molecule has 130 valence electrons. The normalized spacial score (nSPS) is 12.0. The van der Waals surface area contributed by atoms with Crippen molar-refractivity contribution in [2.24, 2.45) is 5.73 Å². The largest absolute Gasteiger partial charge is 0.361 e. The Morgan fingerprint density at radius 3 is 2.57 bits per heavy atom. The van der Waals surface area contributed by atoms with Crippen LogP contribution >= 0.6 is 12.4 Å². The molecule has 0 bridgehead atoms. The highest BCUT2D eigenvalue weighted by Crippen LogP contribution is 2.25. The molecule has 2 aromatic rings. The fourth-order valence-corrected chi connectivity index (χ4v) is 2.91. The minimum atomic E-state index is -2.63. The molecule has 0 aliphatic rings. The SMILES string of the molecule is C[Si](C)(C)CCOCn1c(C(F)F)nc2ccc(CN)cc21.Cl. The van der Waals surface area contributed by atoms with Crippen molar-refractivity contribution in [1.82, 2.24) is 9.55 Å². The smallest absolute Gasteiger partial charge is 0.295 e. The van der Waals surface area contributed by atoms with Crippen molar-refractivity contribution >= 4 is 31.5 Å². The average molecular weight is 364 g/mol. The monoisotopic (exact) mass is 363 g/mol.